The van der Waals surface area contributed by atoms with Crippen LogP contribution in [0.4, 0.5) is 5.69 Å². The van der Waals surface area contributed by atoms with Crippen molar-refractivity contribution >= 4 is 29.1 Å². The molecule has 4 aromatic carbocycles. The average Bonchev–Trinajstić information content (AvgIpc) is 3.56. The van der Waals surface area contributed by atoms with Crippen molar-refractivity contribution in [2.24, 2.45) is 0 Å². The van der Waals surface area contributed by atoms with Gasteiger partial charge in [0, 0.05) is 34.6 Å². The predicted octanol–water partition coefficient (Wildman–Crippen LogP) is 5.65. The summed E-state index contributed by atoms with van der Waals surface area (Å²) in [6.45, 7) is 1.42. The second-order valence-electron chi connectivity index (χ2n) is 10.8. The number of tetrazole rings is 1. The van der Waals surface area contributed by atoms with Gasteiger partial charge in [0.2, 0.25) is 5.16 Å². The first-order chi connectivity index (χ1) is 22.4. The number of aromatic hydroxyl groups is 1. The van der Waals surface area contributed by atoms with Gasteiger partial charge >= 0.3 is 0 Å². The maximum Gasteiger partial charge on any atom is 0.255 e. The van der Waals surface area contributed by atoms with E-state index in [0.29, 0.717) is 45.4 Å². The van der Waals surface area contributed by atoms with E-state index in [2.05, 4.69) is 20.8 Å². The number of aliphatic hydroxyl groups excluding tert-OH is 1. The predicted molar refractivity (Wildman–Crippen MR) is 171 cm³/mol. The fourth-order valence-corrected chi connectivity index (χ4v) is 5.97. The summed E-state index contributed by atoms with van der Waals surface area (Å²) in [6, 6.07) is 28.1. The number of hydrogen-bond acceptors (Lipinski definition) is 10. The van der Waals surface area contributed by atoms with E-state index in [1.165, 1.54) is 18.7 Å². The van der Waals surface area contributed by atoms with E-state index in [1.54, 1.807) is 71.4 Å². The number of phenols is 1. The number of amides is 1. The van der Waals surface area contributed by atoms with Gasteiger partial charge in [-0.05, 0) is 77.0 Å². The minimum absolute atomic E-state index is 0.0551. The van der Waals surface area contributed by atoms with E-state index in [9.17, 15) is 19.8 Å². The van der Waals surface area contributed by atoms with E-state index in [1.807, 2.05) is 30.3 Å². The fraction of sp³-hybridized carbons (Fsp3) is 0.206. The van der Waals surface area contributed by atoms with Gasteiger partial charge in [0.1, 0.15) is 5.75 Å². The summed E-state index contributed by atoms with van der Waals surface area (Å²) in [7, 11) is 0. The third-order valence-corrected chi connectivity index (χ3v) is 8.55. The van der Waals surface area contributed by atoms with Crippen LogP contribution in [0.2, 0.25) is 0 Å². The number of benzene rings is 4. The summed E-state index contributed by atoms with van der Waals surface area (Å²) in [4.78, 5) is 25.0. The highest BCUT2D eigenvalue weighted by atomic mass is 32.2. The molecule has 1 saturated heterocycles. The Balaban J connectivity index is 1.22. The van der Waals surface area contributed by atoms with Gasteiger partial charge < -0.3 is 25.0 Å². The Kier molecular flexibility index (Phi) is 9.50. The first kappa shape index (κ1) is 31.1. The Morgan fingerprint density at radius 3 is 2.46 bits per heavy atom. The van der Waals surface area contributed by atoms with Crippen molar-refractivity contribution in [1.82, 2.24) is 20.2 Å². The Hall–Kier alpha value is -4.88. The lowest BCUT2D eigenvalue weighted by atomic mass is 10.0. The molecule has 6 rings (SSSR count). The summed E-state index contributed by atoms with van der Waals surface area (Å²) >= 11 is 1.43. The Morgan fingerprint density at radius 2 is 1.70 bits per heavy atom. The monoisotopic (exact) mass is 637 g/mol. The third kappa shape index (κ3) is 7.32. The van der Waals surface area contributed by atoms with Crippen molar-refractivity contribution in [2.45, 2.75) is 43.6 Å². The number of phenolic OH excluding ortho intramolecular Hbond substituents is 1. The summed E-state index contributed by atoms with van der Waals surface area (Å²) in [5, 5.41) is 34.7. The van der Waals surface area contributed by atoms with Crippen LogP contribution in [0.3, 0.4) is 0 Å². The molecule has 1 aliphatic heterocycles. The van der Waals surface area contributed by atoms with Crippen LogP contribution in [0.5, 0.6) is 5.75 Å². The quantitative estimate of drug-likeness (QED) is 0.130. The van der Waals surface area contributed by atoms with E-state index in [-0.39, 0.29) is 36.3 Å². The molecule has 234 valence electrons. The summed E-state index contributed by atoms with van der Waals surface area (Å²) in [5.41, 5.74) is 4.56. The SMILES string of the molecule is CC(=O)c1cccc(NC(=O)c2cccc(C3O[C@H](CSc4nnnn4-c4ccc(O)cc4)C[C@H](c4ccc(CO)cc4)O3)c2)c1. The number of nitrogens with one attached hydrogen (secondary N) is 1. The average molecular weight is 638 g/mol. The maximum absolute atomic E-state index is 13.2. The molecule has 2 heterocycles. The van der Waals surface area contributed by atoms with Crippen LogP contribution in [0.15, 0.2) is 102 Å². The highest BCUT2D eigenvalue weighted by molar-refractivity contribution is 7.99. The van der Waals surface area contributed by atoms with E-state index in [4.69, 9.17) is 9.47 Å². The van der Waals surface area contributed by atoms with Crippen molar-refractivity contribution < 1.29 is 29.3 Å². The molecule has 1 fully saturated rings. The first-order valence-electron chi connectivity index (χ1n) is 14.6. The van der Waals surface area contributed by atoms with Gasteiger partial charge in [-0.3, -0.25) is 9.59 Å². The van der Waals surface area contributed by atoms with Crippen LogP contribution < -0.4 is 5.32 Å². The molecule has 1 amide bonds. The smallest absolute Gasteiger partial charge is 0.255 e. The van der Waals surface area contributed by atoms with Gasteiger partial charge in [-0.1, -0.05) is 60.3 Å². The number of anilines is 1. The number of ether oxygens (including phenoxy) is 2. The highest BCUT2D eigenvalue weighted by Gasteiger charge is 2.33. The number of thioether (sulfide) groups is 1. The Labute approximate surface area is 269 Å². The number of aliphatic hydroxyl groups is 1. The highest BCUT2D eigenvalue weighted by Crippen LogP contribution is 2.39. The second kappa shape index (κ2) is 14.0. The molecule has 0 spiro atoms. The lowest BCUT2D eigenvalue weighted by Gasteiger charge is -2.36. The number of rotatable bonds is 10. The Morgan fingerprint density at radius 1 is 0.935 bits per heavy atom. The molecular weight excluding hydrogens is 606 g/mol. The van der Waals surface area contributed by atoms with E-state index >= 15 is 0 Å². The molecule has 46 heavy (non-hydrogen) atoms. The van der Waals surface area contributed by atoms with Gasteiger partial charge in [0.05, 0.1) is 24.5 Å². The zero-order valence-corrected chi connectivity index (χ0v) is 25.6. The normalized spacial score (nSPS) is 17.8. The number of nitrogens with zero attached hydrogens (tertiary/aromatic N) is 4. The second-order valence-corrected chi connectivity index (χ2v) is 11.8. The Bertz CT molecular complexity index is 1830. The standard InChI is InChI=1S/C34H31N5O6S/c1-21(41)24-4-3-7-27(17-24)35-32(43)25-5-2-6-26(16-25)33-44-30(18-31(45-33)23-10-8-22(19-40)9-11-23)20-46-34-36-37-38-39(34)28-12-14-29(42)15-13-28/h2-17,30-31,33,40,42H,18-20H2,1H3,(H,35,43)/t30-,31+,33?/m0/s1. The lowest BCUT2D eigenvalue weighted by Crippen LogP contribution is -2.31. The summed E-state index contributed by atoms with van der Waals surface area (Å²) in [5.74, 6) is 0.239. The number of ketones is 1. The van der Waals surface area contributed by atoms with Crippen molar-refractivity contribution in [3.8, 4) is 11.4 Å². The molecule has 11 nitrogen and oxygen atoms in total. The largest absolute Gasteiger partial charge is 0.508 e. The van der Waals surface area contributed by atoms with Crippen LogP contribution in [-0.4, -0.2) is 54.0 Å². The molecule has 3 atom stereocenters. The number of Topliss-reactive ketones (excluding diaryl/α,β-unsaturated/α-hetero) is 1. The minimum Gasteiger partial charge on any atom is -0.508 e. The molecule has 1 unspecified atom stereocenters. The van der Waals surface area contributed by atoms with Gasteiger partial charge in [-0.2, -0.15) is 4.68 Å². The van der Waals surface area contributed by atoms with Gasteiger partial charge in [-0.25, -0.2) is 0 Å². The molecule has 0 saturated carbocycles. The molecular formula is C34H31N5O6S. The molecule has 0 aliphatic carbocycles. The van der Waals surface area contributed by atoms with E-state index < -0.39 is 6.29 Å². The first-order valence-corrected chi connectivity index (χ1v) is 15.6. The van der Waals surface area contributed by atoms with Crippen molar-refractivity contribution in [1.29, 1.82) is 0 Å². The van der Waals surface area contributed by atoms with Gasteiger partial charge in [0.25, 0.3) is 5.91 Å². The van der Waals surface area contributed by atoms with Crippen molar-refractivity contribution in [3.05, 3.63) is 125 Å². The van der Waals surface area contributed by atoms with E-state index in [0.717, 1.165) is 11.1 Å². The summed E-state index contributed by atoms with van der Waals surface area (Å²) in [6.07, 6.45) is -0.820. The van der Waals surface area contributed by atoms with Gasteiger partial charge in [0.15, 0.2) is 12.1 Å². The van der Waals surface area contributed by atoms with Crippen LogP contribution in [-0.2, 0) is 16.1 Å². The molecule has 0 bridgehead atoms. The minimum atomic E-state index is -0.774. The molecule has 1 aliphatic rings. The van der Waals surface area contributed by atoms with Crippen molar-refractivity contribution in [2.75, 3.05) is 11.1 Å². The van der Waals surface area contributed by atoms with Crippen molar-refractivity contribution in [3.63, 3.8) is 0 Å². The maximum atomic E-state index is 13.2. The number of aromatic nitrogens is 4. The lowest BCUT2D eigenvalue weighted by molar-refractivity contribution is -0.245. The molecule has 3 N–H and O–H groups in total. The number of hydrogen-bond donors (Lipinski definition) is 3. The third-order valence-electron chi connectivity index (χ3n) is 7.50. The fourth-order valence-electron chi connectivity index (χ4n) is 5.06. The molecule has 0 radical (unpaired) electrons. The van der Waals surface area contributed by atoms with Crippen LogP contribution >= 0.6 is 11.8 Å². The number of carbonyl (C=O) groups is 2. The van der Waals surface area contributed by atoms with Crippen LogP contribution in [0.25, 0.3) is 5.69 Å². The zero-order valence-electron chi connectivity index (χ0n) is 24.8. The van der Waals surface area contributed by atoms with Crippen LogP contribution in [0, 0.1) is 0 Å². The van der Waals surface area contributed by atoms with Gasteiger partial charge in [-0.15, -0.1) is 5.10 Å². The van der Waals surface area contributed by atoms with Crippen LogP contribution in [0.1, 0.15) is 63.1 Å². The molecule has 1 aromatic heterocycles. The molecule has 5 aromatic rings. The zero-order chi connectivity index (χ0) is 32.0. The number of carbonyl (C=O) groups excluding carboxylic acids is 2. The molecule has 12 heteroatoms. The topological polar surface area (TPSA) is 149 Å². The summed E-state index contributed by atoms with van der Waals surface area (Å²) < 4.78 is 14.5.